The van der Waals surface area contributed by atoms with Gasteiger partial charge in [0, 0.05) is 38.5 Å². The summed E-state index contributed by atoms with van der Waals surface area (Å²) in [5, 5.41) is 6.80. The summed E-state index contributed by atoms with van der Waals surface area (Å²) >= 11 is 0. The van der Waals surface area contributed by atoms with Crippen molar-refractivity contribution in [3.05, 3.63) is 24.3 Å². The van der Waals surface area contributed by atoms with Crippen molar-refractivity contribution in [3.8, 4) is 11.5 Å². The van der Waals surface area contributed by atoms with Gasteiger partial charge in [0.15, 0.2) is 17.5 Å². The van der Waals surface area contributed by atoms with Gasteiger partial charge in [0.2, 0.25) is 0 Å². The molecule has 1 aromatic carbocycles. The fourth-order valence-corrected chi connectivity index (χ4v) is 3.89. The molecule has 1 fully saturated rings. The van der Waals surface area contributed by atoms with Gasteiger partial charge < -0.3 is 25.0 Å². The first-order chi connectivity index (χ1) is 14.3. The number of guanidine groups is 1. The molecule has 1 aliphatic heterocycles. The molecular formula is C21H36N4O4S. The zero-order valence-electron chi connectivity index (χ0n) is 18.6. The molecule has 1 heterocycles. The summed E-state index contributed by atoms with van der Waals surface area (Å²) in [7, 11) is -1.28. The molecule has 170 valence electrons. The van der Waals surface area contributed by atoms with Gasteiger partial charge in [0.05, 0.1) is 19.4 Å². The van der Waals surface area contributed by atoms with Crippen LogP contribution in [0.5, 0.6) is 11.5 Å². The Labute approximate surface area is 181 Å². The molecule has 0 spiro atoms. The molecule has 1 aromatic rings. The molecule has 9 heteroatoms. The molecule has 2 N–H and O–H groups in total. The van der Waals surface area contributed by atoms with E-state index in [0.717, 1.165) is 38.4 Å². The molecule has 8 nitrogen and oxygen atoms in total. The monoisotopic (exact) mass is 440 g/mol. The molecule has 0 bridgehead atoms. The highest BCUT2D eigenvalue weighted by atomic mass is 32.2. The van der Waals surface area contributed by atoms with E-state index in [-0.39, 0.29) is 11.9 Å². The van der Waals surface area contributed by atoms with E-state index in [1.807, 2.05) is 38.1 Å². The van der Waals surface area contributed by atoms with E-state index in [2.05, 4.69) is 20.5 Å². The van der Waals surface area contributed by atoms with E-state index in [0.29, 0.717) is 30.6 Å². The molecule has 1 saturated heterocycles. The van der Waals surface area contributed by atoms with Crippen LogP contribution in [0.25, 0.3) is 0 Å². The molecule has 30 heavy (non-hydrogen) atoms. The maximum absolute atomic E-state index is 11.4. The largest absolute Gasteiger partial charge is 0.493 e. The number of aliphatic imine (C=N–C) groups is 1. The summed E-state index contributed by atoms with van der Waals surface area (Å²) in [6.45, 7) is 7.71. The fraction of sp³-hybridized carbons (Fsp3) is 0.667. The highest BCUT2D eigenvalue weighted by Gasteiger charge is 2.21. The Hall–Kier alpha value is -2.00. The van der Waals surface area contributed by atoms with Crippen molar-refractivity contribution in [2.24, 2.45) is 4.99 Å². The number of hydrogen-bond donors (Lipinski definition) is 2. The molecule has 0 aliphatic carbocycles. The smallest absolute Gasteiger partial charge is 0.191 e. The van der Waals surface area contributed by atoms with E-state index in [1.165, 1.54) is 6.26 Å². The van der Waals surface area contributed by atoms with E-state index < -0.39 is 9.84 Å². The first-order valence-electron chi connectivity index (χ1n) is 10.5. The third-order valence-electron chi connectivity index (χ3n) is 4.95. The van der Waals surface area contributed by atoms with Crippen LogP contribution in [0.2, 0.25) is 0 Å². The molecule has 0 radical (unpaired) electrons. The molecule has 0 amide bonds. The van der Waals surface area contributed by atoms with Crippen LogP contribution in [0.15, 0.2) is 29.3 Å². The van der Waals surface area contributed by atoms with Crippen molar-refractivity contribution in [3.63, 3.8) is 0 Å². The van der Waals surface area contributed by atoms with Crippen LogP contribution in [0.3, 0.4) is 0 Å². The number of sulfone groups is 1. The predicted molar refractivity (Wildman–Crippen MR) is 121 cm³/mol. The maximum atomic E-state index is 11.4. The Morgan fingerprint density at radius 1 is 1.27 bits per heavy atom. The number of para-hydroxylation sites is 2. The molecule has 1 unspecified atom stereocenters. The number of methoxy groups -OCH3 is 1. The Morgan fingerprint density at radius 3 is 2.53 bits per heavy atom. The molecule has 1 atom stereocenters. The van der Waals surface area contributed by atoms with Crippen LogP contribution >= 0.6 is 0 Å². The van der Waals surface area contributed by atoms with E-state index >= 15 is 0 Å². The molecule has 2 rings (SSSR count). The number of nitrogens with zero attached hydrogens (tertiary/aromatic N) is 2. The summed E-state index contributed by atoms with van der Waals surface area (Å²) in [6, 6.07) is 7.91. The van der Waals surface area contributed by atoms with Gasteiger partial charge in [-0.3, -0.25) is 0 Å². The van der Waals surface area contributed by atoms with Gasteiger partial charge in [0.1, 0.15) is 15.9 Å². The summed E-state index contributed by atoms with van der Waals surface area (Å²) < 4.78 is 34.0. The zero-order valence-corrected chi connectivity index (χ0v) is 19.4. The van der Waals surface area contributed by atoms with Crippen molar-refractivity contribution in [2.45, 2.75) is 38.8 Å². The molecule has 1 aliphatic rings. The van der Waals surface area contributed by atoms with Crippen molar-refractivity contribution in [2.75, 3.05) is 51.8 Å². The average molecular weight is 441 g/mol. The minimum Gasteiger partial charge on any atom is -0.493 e. The van der Waals surface area contributed by atoms with Gasteiger partial charge in [-0.15, -0.1) is 0 Å². The Bertz CT molecular complexity index is 777. The van der Waals surface area contributed by atoms with E-state index in [9.17, 15) is 8.42 Å². The standard InChI is InChI=1S/C21H36N4O4S/c1-5-22-21(23-16-17(2)29-20-9-7-6-8-19(20)28-3)24-18-10-12-25(13-11-18)14-15-30(4,26)27/h6-9,17-18H,5,10-16H2,1-4H3,(H2,22,23,24). The minimum absolute atomic E-state index is 0.102. The fourth-order valence-electron chi connectivity index (χ4n) is 3.30. The lowest BCUT2D eigenvalue weighted by Crippen LogP contribution is -2.49. The average Bonchev–Trinajstić information content (AvgIpc) is 2.71. The van der Waals surface area contributed by atoms with Crippen LogP contribution in [0.1, 0.15) is 26.7 Å². The van der Waals surface area contributed by atoms with Gasteiger partial charge in [-0.05, 0) is 38.8 Å². The number of nitrogens with one attached hydrogen (secondary N) is 2. The number of piperidine rings is 1. The van der Waals surface area contributed by atoms with Gasteiger partial charge in [-0.2, -0.15) is 0 Å². The van der Waals surface area contributed by atoms with Crippen LogP contribution in [-0.4, -0.2) is 83.3 Å². The molecule has 0 saturated carbocycles. The number of benzene rings is 1. The number of likely N-dealkylation sites (tertiary alicyclic amines) is 1. The van der Waals surface area contributed by atoms with Crippen molar-refractivity contribution >= 4 is 15.8 Å². The van der Waals surface area contributed by atoms with E-state index in [1.54, 1.807) is 7.11 Å². The summed E-state index contributed by atoms with van der Waals surface area (Å²) in [6.07, 6.45) is 3.11. The third kappa shape index (κ3) is 8.79. The summed E-state index contributed by atoms with van der Waals surface area (Å²) in [4.78, 5) is 6.90. The van der Waals surface area contributed by atoms with Crippen molar-refractivity contribution in [1.82, 2.24) is 15.5 Å². The van der Waals surface area contributed by atoms with E-state index in [4.69, 9.17) is 9.47 Å². The lowest BCUT2D eigenvalue weighted by molar-refractivity contribution is 0.214. The third-order valence-corrected chi connectivity index (χ3v) is 5.88. The number of hydrogen-bond acceptors (Lipinski definition) is 6. The normalized spacial score (nSPS) is 17.4. The highest BCUT2D eigenvalue weighted by Crippen LogP contribution is 2.26. The number of rotatable bonds is 10. The lowest BCUT2D eigenvalue weighted by atomic mass is 10.1. The molecule has 0 aromatic heterocycles. The van der Waals surface area contributed by atoms with Crippen molar-refractivity contribution in [1.29, 1.82) is 0 Å². The quantitative estimate of drug-likeness (QED) is 0.421. The molecular weight excluding hydrogens is 404 g/mol. The summed E-state index contributed by atoms with van der Waals surface area (Å²) in [5.41, 5.74) is 0. The van der Waals surface area contributed by atoms with Crippen LogP contribution in [-0.2, 0) is 9.84 Å². The van der Waals surface area contributed by atoms with Gasteiger partial charge in [-0.1, -0.05) is 12.1 Å². The zero-order chi connectivity index (χ0) is 22.0. The number of ether oxygens (including phenoxy) is 2. The Kier molecular flexibility index (Phi) is 9.71. The second kappa shape index (κ2) is 12.0. The Balaban J connectivity index is 1.83. The van der Waals surface area contributed by atoms with Gasteiger partial charge >= 0.3 is 0 Å². The minimum atomic E-state index is -2.91. The predicted octanol–water partition coefficient (Wildman–Crippen LogP) is 1.53. The highest BCUT2D eigenvalue weighted by molar-refractivity contribution is 7.90. The first kappa shape index (κ1) is 24.3. The van der Waals surface area contributed by atoms with Crippen LogP contribution < -0.4 is 20.1 Å². The summed E-state index contributed by atoms with van der Waals surface area (Å²) in [5.74, 6) is 2.42. The second-order valence-corrected chi connectivity index (χ2v) is 9.95. The van der Waals surface area contributed by atoms with Crippen LogP contribution in [0, 0.1) is 0 Å². The lowest BCUT2D eigenvalue weighted by Gasteiger charge is -2.33. The topological polar surface area (TPSA) is 92.3 Å². The van der Waals surface area contributed by atoms with Gasteiger partial charge in [-0.25, -0.2) is 13.4 Å². The first-order valence-corrected chi connectivity index (χ1v) is 12.6. The van der Waals surface area contributed by atoms with Gasteiger partial charge in [0.25, 0.3) is 0 Å². The SMILES string of the molecule is CCNC(=NCC(C)Oc1ccccc1OC)NC1CCN(CCS(C)(=O)=O)CC1. The second-order valence-electron chi connectivity index (χ2n) is 7.69. The maximum Gasteiger partial charge on any atom is 0.191 e. The van der Waals surface area contributed by atoms with Crippen LogP contribution in [0.4, 0.5) is 0 Å². The Morgan fingerprint density at radius 2 is 1.93 bits per heavy atom. The van der Waals surface area contributed by atoms with Crippen molar-refractivity contribution < 1.29 is 17.9 Å².